The molecule has 2 rings (SSSR count). The third kappa shape index (κ3) is 2.35. The molecule has 2 heterocycles. The molecule has 0 bridgehead atoms. The average Bonchev–Trinajstić information content (AvgIpc) is 2.31. The molecule has 2 atom stereocenters. The van der Waals surface area contributed by atoms with E-state index in [2.05, 4.69) is 37.7 Å². The number of rotatable bonds is 2. The minimum Gasteiger partial charge on any atom is -0.355 e. The minimum absolute atomic E-state index is 0.565. The summed E-state index contributed by atoms with van der Waals surface area (Å²) in [4.78, 5) is 10.6. The molecule has 0 saturated carbocycles. The van der Waals surface area contributed by atoms with Crippen molar-refractivity contribution >= 4 is 21.7 Å². The van der Waals surface area contributed by atoms with Crippen molar-refractivity contribution in [2.75, 3.05) is 24.5 Å². The fourth-order valence-corrected chi connectivity index (χ4v) is 2.66. The summed E-state index contributed by atoms with van der Waals surface area (Å²) in [6, 6.07) is 0. The van der Waals surface area contributed by atoms with Crippen LogP contribution in [0.3, 0.4) is 0 Å². The van der Waals surface area contributed by atoms with Crippen LogP contribution in [0.2, 0.25) is 0 Å². The van der Waals surface area contributed by atoms with Crippen LogP contribution in [0, 0.1) is 11.8 Å². The predicted molar refractivity (Wildman–Crippen MR) is 68.3 cm³/mol. The highest BCUT2D eigenvalue weighted by Gasteiger charge is 2.26. The second kappa shape index (κ2) is 5.10. The highest BCUT2D eigenvalue weighted by Crippen LogP contribution is 2.29. The first-order valence-corrected chi connectivity index (χ1v) is 6.42. The van der Waals surface area contributed by atoms with Crippen LogP contribution in [-0.2, 0) is 0 Å². The normalized spacial score (nSPS) is 25.8. The Labute approximate surface area is 104 Å². The molecule has 0 amide bonds. The number of halogens is 1. The molecule has 2 N–H and O–H groups in total. The Hall–Kier alpha value is -0.680. The second-order valence-corrected chi connectivity index (χ2v) is 5.26. The van der Waals surface area contributed by atoms with Gasteiger partial charge in [0.1, 0.15) is 12.1 Å². The Morgan fingerprint density at radius 2 is 2.44 bits per heavy atom. The lowest BCUT2D eigenvalue weighted by Crippen LogP contribution is -2.43. The van der Waals surface area contributed by atoms with E-state index >= 15 is 0 Å². The van der Waals surface area contributed by atoms with Crippen molar-refractivity contribution in [2.45, 2.75) is 13.3 Å². The molecule has 4 nitrogen and oxygen atoms in total. The molecule has 0 radical (unpaired) electrons. The van der Waals surface area contributed by atoms with Crippen molar-refractivity contribution in [2.24, 2.45) is 17.6 Å². The van der Waals surface area contributed by atoms with Crippen LogP contribution in [0.4, 0.5) is 5.82 Å². The van der Waals surface area contributed by atoms with Gasteiger partial charge >= 0.3 is 0 Å². The number of piperidine rings is 1. The van der Waals surface area contributed by atoms with Crippen molar-refractivity contribution in [1.29, 1.82) is 0 Å². The zero-order chi connectivity index (χ0) is 11.5. The van der Waals surface area contributed by atoms with Crippen LogP contribution in [0.1, 0.15) is 13.3 Å². The molecular weight excluding hydrogens is 268 g/mol. The number of aromatic nitrogens is 2. The van der Waals surface area contributed by atoms with E-state index in [-0.39, 0.29) is 0 Å². The lowest BCUT2D eigenvalue weighted by Gasteiger charge is -2.37. The minimum atomic E-state index is 0.565. The lowest BCUT2D eigenvalue weighted by atomic mass is 9.87. The number of hydrogen-bond donors (Lipinski definition) is 1. The molecule has 1 aliphatic rings. The quantitative estimate of drug-likeness (QED) is 0.898. The Kier molecular flexibility index (Phi) is 3.76. The van der Waals surface area contributed by atoms with Gasteiger partial charge in [-0.25, -0.2) is 9.97 Å². The van der Waals surface area contributed by atoms with E-state index in [0.717, 1.165) is 29.9 Å². The van der Waals surface area contributed by atoms with Gasteiger partial charge in [-0.15, -0.1) is 0 Å². The molecule has 0 aromatic carbocycles. The van der Waals surface area contributed by atoms with Gasteiger partial charge in [-0.2, -0.15) is 0 Å². The van der Waals surface area contributed by atoms with Gasteiger partial charge < -0.3 is 10.6 Å². The standard InChI is InChI=1S/C11H17BrN4/c1-8-2-3-16(6-9(8)4-13)11-10(12)5-14-7-15-11/h5,7-9H,2-4,6,13H2,1H3. The van der Waals surface area contributed by atoms with Crippen LogP contribution in [-0.4, -0.2) is 29.6 Å². The van der Waals surface area contributed by atoms with Gasteiger partial charge in [0.25, 0.3) is 0 Å². The average molecular weight is 285 g/mol. The van der Waals surface area contributed by atoms with Crippen molar-refractivity contribution in [3.8, 4) is 0 Å². The van der Waals surface area contributed by atoms with Gasteiger partial charge in [-0.05, 0) is 40.7 Å². The van der Waals surface area contributed by atoms with Crippen LogP contribution in [0.5, 0.6) is 0 Å². The first-order chi connectivity index (χ1) is 7.72. The summed E-state index contributed by atoms with van der Waals surface area (Å²) in [6.45, 7) is 5.07. The number of nitrogens with zero attached hydrogens (tertiary/aromatic N) is 3. The maximum Gasteiger partial charge on any atom is 0.146 e. The summed E-state index contributed by atoms with van der Waals surface area (Å²) in [5.74, 6) is 2.26. The summed E-state index contributed by atoms with van der Waals surface area (Å²) in [5.41, 5.74) is 5.80. The smallest absolute Gasteiger partial charge is 0.146 e. The first-order valence-electron chi connectivity index (χ1n) is 5.63. The predicted octanol–water partition coefficient (Wildman–Crippen LogP) is 1.66. The number of hydrogen-bond acceptors (Lipinski definition) is 4. The summed E-state index contributed by atoms with van der Waals surface area (Å²) < 4.78 is 0.959. The summed E-state index contributed by atoms with van der Waals surface area (Å²) in [6.07, 6.45) is 4.56. The van der Waals surface area contributed by atoms with Crippen molar-refractivity contribution in [3.63, 3.8) is 0 Å². The van der Waals surface area contributed by atoms with Gasteiger partial charge in [-0.1, -0.05) is 6.92 Å². The third-order valence-corrected chi connectivity index (χ3v) is 3.92. The molecule has 2 unspecified atom stereocenters. The fraction of sp³-hybridized carbons (Fsp3) is 0.636. The molecule has 5 heteroatoms. The van der Waals surface area contributed by atoms with E-state index in [9.17, 15) is 0 Å². The molecule has 88 valence electrons. The third-order valence-electron chi connectivity index (χ3n) is 3.36. The summed E-state index contributed by atoms with van der Waals surface area (Å²) >= 11 is 3.49. The van der Waals surface area contributed by atoms with Crippen molar-refractivity contribution < 1.29 is 0 Å². The summed E-state index contributed by atoms with van der Waals surface area (Å²) in [5, 5.41) is 0. The maximum absolute atomic E-state index is 5.80. The monoisotopic (exact) mass is 284 g/mol. The Bertz CT molecular complexity index is 358. The zero-order valence-corrected chi connectivity index (χ0v) is 11.0. The highest BCUT2D eigenvalue weighted by atomic mass is 79.9. The van der Waals surface area contributed by atoms with Gasteiger partial charge in [0.15, 0.2) is 0 Å². The van der Waals surface area contributed by atoms with E-state index in [1.165, 1.54) is 6.42 Å². The van der Waals surface area contributed by atoms with E-state index in [4.69, 9.17) is 5.73 Å². The highest BCUT2D eigenvalue weighted by molar-refractivity contribution is 9.10. The zero-order valence-electron chi connectivity index (χ0n) is 9.43. The molecule has 1 aliphatic heterocycles. The van der Waals surface area contributed by atoms with E-state index in [0.29, 0.717) is 11.8 Å². The van der Waals surface area contributed by atoms with Crippen molar-refractivity contribution in [3.05, 3.63) is 17.0 Å². The lowest BCUT2D eigenvalue weighted by molar-refractivity contribution is 0.306. The van der Waals surface area contributed by atoms with E-state index in [1.807, 2.05) is 0 Å². The van der Waals surface area contributed by atoms with Gasteiger partial charge in [-0.3, -0.25) is 0 Å². The molecule has 1 aromatic rings. The van der Waals surface area contributed by atoms with Gasteiger partial charge in [0.05, 0.1) is 4.47 Å². The van der Waals surface area contributed by atoms with E-state index in [1.54, 1.807) is 12.5 Å². The fourth-order valence-electron chi connectivity index (χ4n) is 2.19. The molecule has 0 aliphatic carbocycles. The molecule has 16 heavy (non-hydrogen) atoms. The molecule has 1 saturated heterocycles. The molecule has 1 aromatic heterocycles. The summed E-state index contributed by atoms with van der Waals surface area (Å²) in [7, 11) is 0. The first kappa shape index (κ1) is 11.8. The van der Waals surface area contributed by atoms with Crippen molar-refractivity contribution in [1.82, 2.24) is 9.97 Å². The molecule has 0 spiro atoms. The van der Waals surface area contributed by atoms with Gasteiger partial charge in [0, 0.05) is 19.3 Å². The van der Waals surface area contributed by atoms with Crippen LogP contribution in [0.15, 0.2) is 17.0 Å². The Morgan fingerprint density at radius 3 is 3.12 bits per heavy atom. The van der Waals surface area contributed by atoms with Crippen LogP contribution in [0.25, 0.3) is 0 Å². The van der Waals surface area contributed by atoms with E-state index < -0.39 is 0 Å². The van der Waals surface area contributed by atoms with Crippen LogP contribution >= 0.6 is 15.9 Å². The topological polar surface area (TPSA) is 55.0 Å². The molecular formula is C11H17BrN4. The Balaban J connectivity index is 2.14. The Morgan fingerprint density at radius 1 is 1.62 bits per heavy atom. The number of anilines is 1. The molecule has 1 fully saturated rings. The van der Waals surface area contributed by atoms with Crippen LogP contribution < -0.4 is 10.6 Å². The maximum atomic E-state index is 5.80. The largest absolute Gasteiger partial charge is 0.355 e. The van der Waals surface area contributed by atoms with Gasteiger partial charge in [0.2, 0.25) is 0 Å². The number of nitrogens with two attached hydrogens (primary N) is 1. The SMILES string of the molecule is CC1CCN(c2ncncc2Br)CC1CN. The second-order valence-electron chi connectivity index (χ2n) is 4.40.